The SMILES string of the molecule is OC[C@]1(Cc2ccccc2)CN(Cc2ccc(OC(F)(F)F)cc2)CC[C@H]1O. The number of alkyl halides is 3. The first-order valence-electron chi connectivity index (χ1n) is 9.20. The van der Waals surface area contributed by atoms with Crippen molar-refractivity contribution >= 4 is 0 Å². The number of piperidine rings is 1. The van der Waals surface area contributed by atoms with Crippen LogP contribution in [0.4, 0.5) is 13.2 Å². The predicted octanol–water partition coefficient (Wildman–Crippen LogP) is 3.37. The Labute approximate surface area is 162 Å². The minimum atomic E-state index is -4.71. The van der Waals surface area contributed by atoms with Gasteiger partial charge in [0.15, 0.2) is 0 Å². The highest BCUT2D eigenvalue weighted by atomic mass is 19.4. The second-order valence-corrected chi connectivity index (χ2v) is 7.39. The highest BCUT2D eigenvalue weighted by Gasteiger charge is 2.42. The normalized spacial score (nSPS) is 23.5. The summed E-state index contributed by atoms with van der Waals surface area (Å²) in [6.07, 6.45) is -4.23. The van der Waals surface area contributed by atoms with Crippen LogP contribution in [0, 0.1) is 5.41 Å². The van der Waals surface area contributed by atoms with E-state index in [0.29, 0.717) is 32.5 Å². The van der Waals surface area contributed by atoms with Gasteiger partial charge < -0.3 is 14.9 Å². The Kier molecular flexibility index (Phi) is 6.27. The average molecular weight is 395 g/mol. The summed E-state index contributed by atoms with van der Waals surface area (Å²) in [5, 5.41) is 20.7. The highest BCUT2D eigenvalue weighted by Crippen LogP contribution is 2.34. The van der Waals surface area contributed by atoms with Crippen LogP contribution in [0.15, 0.2) is 54.6 Å². The quantitative estimate of drug-likeness (QED) is 0.788. The van der Waals surface area contributed by atoms with Gasteiger partial charge in [0, 0.05) is 25.0 Å². The molecule has 28 heavy (non-hydrogen) atoms. The molecule has 2 aromatic carbocycles. The van der Waals surface area contributed by atoms with Crippen molar-refractivity contribution in [1.82, 2.24) is 4.90 Å². The number of likely N-dealkylation sites (tertiary alicyclic amines) is 1. The molecule has 7 heteroatoms. The third kappa shape index (κ3) is 5.25. The Morgan fingerprint density at radius 3 is 2.32 bits per heavy atom. The van der Waals surface area contributed by atoms with Crippen LogP contribution in [-0.4, -0.2) is 47.3 Å². The molecule has 0 unspecified atom stereocenters. The van der Waals surface area contributed by atoms with E-state index in [2.05, 4.69) is 9.64 Å². The molecule has 4 nitrogen and oxygen atoms in total. The smallest absolute Gasteiger partial charge is 0.406 e. The molecule has 2 N–H and O–H groups in total. The lowest BCUT2D eigenvalue weighted by atomic mass is 9.73. The maximum Gasteiger partial charge on any atom is 0.573 e. The zero-order valence-corrected chi connectivity index (χ0v) is 15.4. The molecular weight excluding hydrogens is 371 g/mol. The molecule has 1 fully saturated rings. The maximum absolute atomic E-state index is 12.3. The van der Waals surface area contributed by atoms with Crippen molar-refractivity contribution in [2.24, 2.45) is 5.41 Å². The number of aliphatic hydroxyl groups excluding tert-OH is 2. The fraction of sp³-hybridized carbons (Fsp3) is 0.429. The molecule has 0 saturated carbocycles. The molecule has 0 aromatic heterocycles. The van der Waals surface area contributed by atoms with Gasteiger partial charge in [-0.05, 0) is 36.1 Å². The number of rotatable bonds is 6. The Morgan fingerprint density at radius 1 is 1.04 bits per heavy atom. The first-order chi connectivity index (χ1) is 13.3. The van der Waals surface area contributed by atoms with E-state index in [1.54, 1.807) is 12.1 Å². The molecule has 1 aliphatic heterocycles. The lowest BCUT2D eigenvalue weighted by Gasteiger charge is -2.45. The zero-order chi connectivity index (χ0) is 20.2. The van der Waals surface area contributed by atoms with E-state index in [4.69, 9.17) is 0 Å². The minimum Gasteiger partial charge on any atom is -0.406 e. The van der Waals surface area contributed by atoms with E-state index in [1.165, 1.54) is 12.1 Å². The van der Waals surface area contributed by atoms with E-state index < -0.39 is 17.9 Å². The fourth-order valence-electron chi connectivity index (χ4n) is 3.82. The molecule has 152 valence electrons. The van der Waals surface area contributed by atoms with Crippen molar-refractivity contribution in [2.45, 2.75) is 31.9 Å². The molecule has 2 atom stereocenters. The van der Waals surface area contributed by atoms with Crippen molar-refractivity contribution in [2.75, 3.05) is 19.7 Å². The predicted molar refractivity (Wildman–Crippen MR) is 98.7 cm³/mol. The maximum atomic E-state index is 12.3. The number of benzene rings is 2. The molecular formula is C21H24F3NO3. The van der Waals surface area contributed by atoms with Crippen LogP contribution in [0.1, 0.15) is 17.5 Å². The fourth-order valence-corrected chi connectivity index (χ4v) is 3.82. The molecule has 2 aromatic rings. The van der Waals surface area contributed by atoms with Crippen LogP contribution in [0.2, 0.25) is 0 Å². The van der Waals surface area contributed by atoms with Crippen molar-refractivity contribution in [3.05, 3.63) is 65.7 Å². The molecule has 1 saturated heterocycles. The van der Waals surface area contributed by atoms with Gasteiger partial charge in [0.05, 0.1) is 12.7 Å². The van der Waals surface area contributed by atoms with Crippen molar-refractivity contribution in [3.8, 4) is 5.75 Å². The van der Waals surface area contributed by atoms with Crippen LogP contribution < -0.4 is 4.74 Å². The molecule has 3 rings (SSSR count). The number of halogens is 3. The van der Waals surface area contributed by atoms with Crippen molar-refractivity contribution < 1.29 is 28.1 Å². The Bertz CT molecular complexity index is 752. The molecule has 0 aliphatic carbocycles. The molecule has 0 bridgehead atoms. The molecule has 1 aliphatic rings. The minimum absolute atomic E-state index is 0.141. The number of ether oxygens (including phenoxy) is 1. The van der Waals surface area contributed by atoms with Gasteiger partial charge >= 0.3 is 6.36 Å². The number of aliphatic hydroxyl groups is 2. The lowest BCUT2D eigenvalue weighted by Crippen LogP contribution is -2.54. The van der Waals surface area contributed by atoms with Crippen LogP contribution in [0.25, 0.3) is 0 Å². The average Bonchev–Trinajstić information content (AvgIpc) is 2.66. The van der Waals surface area contributed by atoms with Gasteiger partial charge in [0.2, 0.25) is 0 Å². The molecule has 1 heterocycles. The summed E-state index contributed by atoms with van der Waals surface area (Å²) in [5.74, 6) is -0.251. The number of nitrogens with zero attached hydrogens (tertiary/aromatic N) is 1. The van der Waals surface area contributed by atoms with Crippen LogP contribution in [0.3, 0.4) is 0 Å². The van der Waals surface area contributed by atoms with E-state index in [-0.39, 0.29) is 12.4 Å². The van der Waals surface area contributed by atoms with Crippen LogP contribution in [-0.2, 0) is 13.0 Å². The van der Waals surface area contributed by atoms with Crippen LogP contribution >= 0.6 is 0 Å². The Balaban J connectivity index is 1.68. The highest BCUT2D eigenvalue weighted by molar-refractivity contribution is 5.27. The summed E-state index contributed by atoms with van der Waals surface area (Å²) in [6.45, 7) is 1.53. The summed E-state index contributed by atoms with van der Waals surface area (Å²) >= 11 is 0. The largest absolute Gasteiger partial charge is 0.573 e. The van der Waals surface area contributed by atoms with Crippen molar-refractivity contribution in [1.29, 1.82) is 0 Å². The van der Waals surface area contributed by atoms with E-state index in [0.717, 1.165) is 11.1 Å². The zero-order valence-electron chi connectivity index (χ0n) is 15.4. The van der Waals surface area contributed by atoms with Gasteiger partial charge in [0.1, 0.15) is 5.75 Å². The first kappa shape index (κ1) is 20.6. The van der Waals surface area contributed by atoms with E-state index in [9.17, 15) is 23.4 Å². The second-order valence-electron chi connectivity index (χ2n) is 7.39. The van der Waals surface area contributed by atoms with Gasteiger partial charge in [0.25, 0.3) is 0 Å². The topological polar surface area (TPSA) is 52.9 Å². The standard InChI is InChI=1S/C21H24F3NO3/c22-21(23,24)28-18-8-6-17(7-9-18)13-25-11-10-19(27)20(14-25,15-26)12-16-4-2-1-3-5-16/h1-9,19,26-27H,10-15H2/t19-,20+/m1/s1. The molecule has 0 amide bonds. The monoisotopic (exact) mass is 395 g/mol. The van der Waals surface area contributed by atoms with Gasteiger partial charge in [-0.3, -0.25) is 4.90 Å². The Morgan fingerprint density at radius 2 is 1.71 bits per heavy atom. The van der Waals surface area contributed by atoms with Crippen molar-refractivity contribution in [3.63, 3.8) is 0 Å². The summed E-state index contributed by atoms with van der Waals surface area (Å²) in [7, 11) is 0. The summed E-state index contributed by atoms with van der Waals surface area (Å²) < 4.78 is 40.7. The first-order valence-corrected chi connectivity index (χ1v) is 9.20. The summed E-state index contributed by atoms with van der Waals surface area (Å²) in [4.78, 5) is 2.12. The van der Waals surface area contributed by atoms with Gasteiger partial charge in [-0.1, -0.05) is 42.5 Å². The molecule has 0 radical (unpaired) electrons. The molecule has 0 spiro atoms. The lowest BCUT2D eigenvalue weighted by molar-refractivity contribution is -0.274. The van der Waals surface area contributed by atoms with E-state index in [1.807, 2.05) is 30.3 Å². The summed E-state index contributed by atoms with van der Waals surface area (Å²) in [6, 6.07) is 15.5. The third-order valence-electron chi connectivity index (χ3n) is 5.24. The van der Waals surface area contributed by atoms with Gasteiger partial charge in [-0.15, -0.1) is 13.2 Å². The van der Waals surface area contributed by atoms with Gasteiger partial charge in [-0.2, -0.15) is 0 Å². The van der Waals surface area contributed by atoms with E-state index >= 15 is 0 Å². The summed E-state index contributed by atoms with van der Waals surface area (Å²) in [5.41, 5.74) is 1.22. The number of hydrogen-bond donors (Lipinski definition) is 2. The van der Waals surface area contributed by atoms with Crippen LogP contribution in [0.5, 0.6) is 5.75 Å². The third-order valence-corrected chi connectivity index (χ3v) is 5.24. The Hall–Kier alpha value is -2.09. The number of hydrogen-bond acceptors (Lipinski definition) is 4. The van der Waals surface area contributed by atoms with Gasteiger partial charge in [-0.25, -0.2) is 0 Å². The second kappa shape index (κ2) is 8.51.